The van der Waals surface area contributed by atoms with Gasteiger partial charge in [0.05, 0.1) is 6.61 Å². The van der Waals surface area contributed by atoms with Crippen molar-refractivity contribution < 1.29 is 9.53 Å². The molecule has 1 N–H and O–H groups in total. The molecule has 0 bridgehead atoms. The van der Waals surface area contributed by atoms with Gasteiger partial charge in [0.2, 0.25) is 0 Å². The number of nitrogens with zero attached hydrogens (tertiary/aromatic N) is 3. The fraction of sp³-hybridized carbons (Fsp3) is 0.250. The molecule has 0 saturated carbocycles. The average molecular weight is 379 g/mol. The van der Waals surface area contributed by atoms with Crippen LogP contribution in [0.15, 0.2) is 23.1 Å². The summed E-state index contributed by atoms with van der Waals surface area (Å²) in [6.07, 6.45) is 3.04. The molecule has 2 aromatic heterocycles. The zero-order valence-corrected chi connectivity index (χ0v) is 15.1. The van der Waals surface area contributed by atoms with E-state index in [1.165, 1.54) is 17.0 Å². The van der Waals surface area contributed by atoms with Crippen LogP contribution in [0.5, 0.6) is 0 Å². The first-order valence-electron chi connectivity index (χ1n) is 7.41. The van der Waals surface area contributed by atoms with Crippen LogP contribution in [0, 0.1) is 11.3 Å². The normalized spacial score (nSPS) is 12.5. The standard InChI is InChI=1S/C16H15ClN4O3S/c1-3-21-14(22)12(9-20-10-5-6-19-13(17)7-10)25-15(21)11(8-18)16(23)24-4-2/h5-7,9H,3-4H2,1-2H3,(H,19,20). The zero-order valence-electron chi connectivity index (χ0n) is 13.6. The van der Waals surface area contributed by atoms with Crippen LogP contribution in [-0.4, -0.2) is 22.1 Å². The van der Waals surface area contributed by atoms with Gasteiger partial charge in [-0.1, -0.05) is 11.6 Å². The molecule has 2 aromatic rings. The molecule has 2 rings (SSSR count). The van der Waals surface area contributed by atoms with Gasteiger partial charge in [0.25, 0.3) is 5.56 Å². The maximum atomic E-state index is 12.5. The van der Waals surface area contributed by atoms with E-state index in [0.717, 1.165) is 11.3 Å². The highest BCUT2D eigenvalue weighted by Crippen LogP contribution is 2.11. The summed E-state index contributed by atoms with van der Waals surface area (Å²) in [7, 11) is 0. The van der Waals surface area contributed by atoms with Crippen LogP contribution in [0.2, 0.25) is 5.15 Å². The van der Waals surface area contributed by atoms with Gasteiger partial charge in [-0.2, -0.15) is 5.26 Å². The number of hydrogen-bond acceptors (Lipinski definition) is 7. The molecule has 0 aliphatic carbocycles. The second kappa shape index (κ2) is 8.46. The van der Waals surface area contributed by atoms with Crippen molar-refractivity contribution >= 4 is 46.4 Å². The second-order valence-electron chi connectivity index (χ2n) is 4.68. The highest BCUT2D eigenvalue weighted by Gasteiger charge is 2.16. The third kappa shape index (κ3) is 4.26. The SMILES string of the molecule is CCOC(=O)C(C#N)=c1sc(=CNc2ccnc(Cl)c2)c(=O)n1CC. The van der Waals surface area contributed by atoms with Crippen molar-refractivity contribution in [3.8, 4) is 6.07 Å². The fourth-order valence-electron chi connectivity index (χ4n) is 2.02. The predicted octanol–water partition coefficient (Wildman–Crippen LogP) is 1.07. The monoisotopic (exact) mass is 378 g/mol. The quantitative estimate of drug-likeness (QED) is 0.617. The van der Waals surface area contributed by atoms with Gasteiger partial charge in [-0.3, -0.25) is 9.36 Å². The number of rotatable bonds is 5. The molecule has 0 amide bonds. The fourth-order valence-corrected chi connectivity index (χ4v) is 3.27. The van der Waals surface area contributed by atoms with Gasteiger partial charge in [0, 0.05) is 24.6 Å². The van der Waals surface area contributed by atoms with Crippen LogP contribution >= 0.6 is 22.9 Å². The number of esters is 1. The third-order valence-corrected chi connectivity index (χ3v) is 4.46. The van der Waals surface area contributed by atoms with Gasteiger partial charge in [-0.25, -0.2) is 9.78 Å². The van der Waals surface area contributed by atoms with Crippen molar-refractivity contribution in [1.29, 1.82) is 5.26 Å². The molecule has 0 spiro atoms. The molecule has 0 atom stereocenters. The van der Waals surface area contributed by atoms with Crippen molar-refractivity contribution in [2.75, 3.05) is 11.9 Å². The second-order valence-corrected chi connectivity index (χ2v) is 6.10. The Kier molecular flexibility index (Phi) is 6.33. The number of hydrogen-bond donors (Lipinski definition) is 1. The predicted molar refractivity (Wildman–Crippen MR) is 96.5 cm³/mol. The largest absolute Gasteiger partial charge is 0.462 e. The average Bonchev–Trinajstić information content (AvgIpc) is 2.89. The maximum absolute atomic E-state index is 12.5. The molecule has 25 heavy (non-hydrogen) atoms. The summed E-state index contributed by atoms with van der Waals surface area (Å²) in [5.41, 5.74) is 0.178. The minimum Gasteiger partial charge on any atom is -0.462 e. The molecule has 0 aromatic carbocycles. The topological polar surface area (TPSA) is 97.0 Å². The van der Waals surface area contributed by atoms with Gasteiger partial charge in [-0.05, 0) is 26.0 Å². The molecule has 9 heteroatoms. The van der Waals surface area contributed by atoms with E-state index in [1.807, 2.05) is 6.07 Å². The Balaban J connectivity index is 2.58. The number of nitriles is 1. The van der Waals surface area contributed by atoms with Gasteiger partial charge < -0.3 is 10.1 Å². The number of pyridine rings is 1. The number of carbonyl (C=O) groups excluding carboxylic acids is 1. The summed E-state index contributed by atoms with van der Waals surface area (Å²) in [5.74, 6) is -0.742. The van der Waals surface area contributed by atoms with Crippen molar-refractivity contribution in [2.24, 2.45) is 0 Å². The number of thiazole rings is 1. The molecule has 0 unspecified atom stereocenters. The van der Waals surface area contributed by atoms with E-state index in [2.05, 4.69) is 10.3 Å². The summed E-state index contributed by atoms with van der Waals surface area (Å²) in [5, 5.41) is 12.6. The van der Waals surface area contributed by atoms with E-state index in [4.69, 9.17) is 16.3 Å². The van der Waals surface area contributed by atoms with Gasteiger partial charge in [0.1, 0.15) is 20.4 Å². The molecule has 130 valence electrons. The lowest BCUT2D eigenvalue weighted by Gasteiger charge is -2.00. The van der Waals surface area contributed by atoms with Crippen LogP contribution in [0.1, 0.15) is 13.8 Å². The number of nitrogens with one attached hydrogen (secondary N) is 1. The van der Waals surface area contributed by atoms with E-state index in [-0.39, 0.29) is 22.4 Å². The Morgan fingerprint density at radius 1 is 1.56 bits per heavy atom. The van der Waals surface area contributed by atoms with E-state index in [1.54, 1.807) is 26.0 Å². The molecule has 0 aliphatic rings. The smallest absolute Gasteiger partial charge is 0.351 e. The molecule has 0 aliphatic heterocycles. The third-order valence-electron chi connectivity index (χ3n) is 3.13. The molecule has 0 radical (unpaired) electrons. The summed E-state index contributed by atoms with van der Waals surface area (Å²) in [6, 6.07) is 5.13. The maximum Gasteiger partial charge on any atom is 0.351 e. The number of carbonyl (C=O) groups is 1. The number of ether oxygens (including phenoxy) is 1. The minimum absolute atomic E-state index is 0.148. The summed E-state index contributed by atoms with van der Waals surface area (Å²) < 4.78 is 6.88. The summed E-state index contributed by atoms with van der Waals surface area (Å²) in [6.45, 7) is 3.88. The number of aromatic nitrogens is 2. The lowest BCUT2D eigenvalue weighted by Crippen LogP contribution is -2.32. The Hall–Kier alpha value is -2.63. The van der Waals surface area contributed by atoms with Crippen molar-refractivity contribution in [2.45, 2.75) is 20.4 Å². The van der Waals surface area contributed by atoms with E-state index in [0.29, 0.717) is 21.9 Å². The Labute approximate surface area is 152 Å². The number of anilines is 1. The first-order valence-corrected chi connectivity index (χ1v) is 8.60. The molecular weight excluding hydrogens is 364 g/mol. The molecule has 7 nitrogen and oxygen atoms in total. The van der Waals surface area contributed by atoms with Gasteiger partial charge in [-0.15, -0.1) is 11.3 Å². The first-order chi connectivity index (χ1) is 12.0. The van der Waals surface area contributed by atoms with Gasteiger partial charge >= 0.3 is 5.97 Å². The number of halogens is 1. The Morgan fingerprint density at radius 3 is 2.92 bits per heavy atom. The zero-order chi connectivity index (χ0) is 18.4. The van der Waals surface area contributed by atoms with Crippen molar-refractivity contribution in [3.63, 3.8) is 0 Å². The molecule has 0 saturated heterocycles. The van der Waals surface area contributed by atoms with Crippen molar-refractivity contribution in [3.05, 3.63) is 43.0 Å². The molecular formula is C16H15ClN4O3S. The Bertz CT molecular complexity index is 1000. The van der Waals surface area contributed by atoms with E-state index in [9.17, 15) is 14.9 Å². The highest BCUT2D eigenvalue weighted by atomic mass is 35.5. The molecule has 0 fully saturated rings. The lowest BCUT2D eigenvalue weighted by molar-refractivity contribution is -0.136. The van der Waals surface area contributed by atoms with E-state index >= 15 is 0 Å². The summed E-state index contributed by atoms with van der Waals surface area (Å²) >= 11 is 6.86. The van der Waals surface area contributed by atoms with Crippen molar-refractivity contribution in [1.82, 2.24) is 9.55 Å². The minimum atomic E-state index is -0.742. The van der Waals surface area contributed by atoms with Crippen LogP contribution < -0.4 is 20.1 Å². The lowest BCUT2D eigenvalue weighted by atomic mass is 10.3. The van der Waals surface area contributed by atoms with Crippen LogP contribution in [0.4, 0.5) is 5.69 Å². The van der Waals surface area contributed by atoms with Crippen LogP contribution in [-0.2, 0) is 16.1 Å². The van der Waals surface area contributed by atoms with Crippen LogP contribution in [0.25, 0.3) is 11.8 Å². The molecule has 2 heterocycles. The van der Waals surface area contributed by atoms with Gasteiger partial charge in [0.15, 0.2) is 5.57 Å². The van der Waals surface area contributed by atoms with E-state index < -0.39 is 5.97 Å². The Morgan fingerprint density at radius 2 is 2.32 bits per heavy atom. The summed E-state index contributed by atoms with van der Waals surface area (Å²) in [4.78, 5) is 28.3. The first kappa shape index (κ1) is 18.7. The highest BCUT2D eigenvalue weighted by molar-refractivity contribution is 7.07. The van der Waals surface area contributed by atoms with Crippen LogP contribution in [0.3, 0.4) is 0 Å².